The van der Waals surface area contributed by atoms with E-state index in [1.165, 1.54) is 5.57 Å². The van der Waals surface area contributed by atoms with E-state index in [0.29, 0.717) is 23.5 Å². The number of anilines is 2. The lowest BCUT2D eigenvalue weighted by atomic mass is 9.91. The number of methoxy groups -OCH3 is 1. The number of fused-ring (bicyclic) bond motifs is 1. The lowest BCUT2D eigenvalue weighted by molar-refractivity contribution is -0.147. The monoisotopic (exact) mass is 712 g/mol. The molecule has 0 bridgehead atoms. The van der Waals surface area contributed by atoms with Crippen molar-refractivity contribution in [3.8, 4) is 17.0 Å². The van der Waals surface area contributed by atoms with Crippen LogP contribution in [0.1, 0.15) is 65.5 Å². The fourth-order valence-corrected chi connectivity index (χ4v) is 6.60. The second kappa shape index (κ2) is 15.3. The maximum Gasteiger partial charge on any atom is 0.413 e. The second-order valence-corrected chi connectivity index (χ2v) is 15.0. The molecule has 14 nitrogen and oxygen atoms in total. The summed E-state index contributed by atoms with van der Waals surface area (Å²) < 4.78 is 18.4. The van der Waals surface area contributed by atoms with Gasteiger partial charge in [0.15, 0.2) is 18.1 Å². The molecule has 0 aliphatic carbocycles. The van der Waals surface area contributed by atoms with Crippen LogP contribution in [0.5, 0.6) is 5.75 Å². The largest absolute Gasteiger partial charge is 0.481 e. The molecule has 0 spiro atoms. The zero-order valence-electron chi connectivity index (χ0n) is 30.8. The van der Waals surface area contributed by atoms with Gasteiger partial charge in [0.2, 0.25) is 0 Å². The summed E-state index contributed by atoms with van der Waals surface area (Å²) in [6, 6.07) is 13.7. The Labute approximate surface area is 303 Å². The predicted molar refractivity (Wildman–Crippen MR) is 198 cm³/mol. The minimum absolute atomic E-state index is 0.0330. The van der Waals surface area contributed by atoms with Crippen LogP contribution in [0.4, 0.5) is 16.4 Å². The molecule has 0 unspecified atom stereocenters. The number of carboxylic acids is 1. The van der Waals surface area contributed by atoms with E-state index in [4.69, 9.17) is 24.3 Å². The van der Waals surface area contributed by atoms with E-state index < -0.39 is 23.1 Å². The number of nitrogens with zero attached hydrogens (tertiary/aromatic N) is 7. The maximum atomic E-state index is 12.8. The Kier molecular flexibility index (Phi) is 10.8. The Balaban J connectivity index is 1.18. The van der Waals surface area contributed by atoms with Gasteiger partial charge < -0.3 is 24.2 Å². The second-order valence-electron chi connectivity index (χ2n) is 15.0. The summed E-state index contributed by atoms with van der Waals surface area (Å²) in [4.78, 5) is 33.7. The zero-order valence-corrected chi connectivity index (χ0v) is 30.8. The van der Waals surface area contributed by atoms with Crippen molar-refractivity contribution in [2.24, 2.45) is 5.41 Å². The topological polar surface area (TPSA) is 157 Å². The van der Waals surface area contributed by atoms with Crippen molar-refractivity contribution in [1.82, 2.24) is 29.9 Å². The molecule has 3 aromatic heterocycles. The predicted octanol–water partition coefficient (Wildman–Crippen LogP) is 6.26. The van der Waals surface area contributed by atoms with Crippen LogP contribution in [0.25, 0.3) is 27.9 Å². The van der Waals surface area contributed by atoms with Crippen LogP contribution in [0.2, 0.25) is 0 Å². The van der Waals surface area contributed by atoms with Gasteiger partial charge in [0.25, 0.3) is 0 Å². The number of ether oxygens (including phenoxy) is 3. The minimum atomic E-state index is -0.783. The summed E-state index contributed by atoms with van der Waals surface area (Å²) in [5, 5.41) is 26.2. The highest BCUT2D eigenvalue weighted by Crippen LogP contribution is 2.35. The molecule has 4 aromatic rings. The third-order valence-electron chi connectivity index (χ3n) is 9.31. The molecule has 14 heteroatoms. The molecule has 2 aliphatic heterocycles. The Morgan fingerprint density at radius 1 is 1.02 bits per heavy atom. The quantitative estimate of drug-likeness (QED) is 0.169. The van der Waals surface area contributed by atoms with Crippen molar-refractivity contribution < 1.29 is 28.9 Å². The fourth-order valence-electron chi connectivity index (χ4n) is 6.60. The van der Waals surface area contributed by atoms with Gasteiger partial charge in [0.05, 0.1) is 22.7 Å². The Morgan fingerprint density at radius 3 is 2.44 bits per heavy atom. The average molecular weight is 713 g/mol. The Bertz CT molecular complexity index is 1930. The molecule has 1 aromatic carbocycles. The van der Waals surface area contributed by atoms with Gasteiger partial charge in [-0.1, -0.05) is 18.2 Å². The van der Waals surface area contributed by atoms with Crippen LogP contribution in [0.15, 0.2) is 54.7 Å². The van der Waals surface area contributed by atoms with Gasteiger partial charge in [-0.15, -0.1) is 10.2 Å². The average Bonchev–Trinajstić information content (AvgIpc) is 3.47. The first kappa shape index (κ1) is 36.7. The SMILES string of the molecule is COCOc1ccccc1-c1cc2c(nn1)c(NC(=O)OC(C)(C)C)nn2C1CCN(c2ccc(C3=CCN(CC(C)(C)C(=O)O)CC3)cn2)CC1. The Hall–Kier alpha value is -5.08. The fraction of sp³-hybridized carbons (Fsp3) is 0.474. The highest BCUT2D eigenvalue weighted by Gasteiger charge is 2.31. The molecule has 0 saturated carbocycles. The molecule has 0 atom stereocenters. The zero-order chi connectivity index (χ0) is 37.0. The standard InChI is InChI=1S/C38H48N8O6/c1-37(2,3)52-36(49)40-34-33-30(21-29(41-42-33)28-9-7-8-10-31(28)51-24-50-6)46(43-34)27-15-19-45(20-16-27)32-12-11-26(22-39-32)25-13-17-44(18-14-25)23-38(4,5)35(47)48/h7-13,21-22,27H,14-20,23-24H2,1-6H3,(H,47,48)(H,40,43,49). The molecule has 276 valence electrons. The number of aliphatic carboxylic acids is 1. The van der Waals surface area contributed by atoms with Crippen molar-refractivity contribution in [1.29, 1.82) is 0 Å². The summed E-state index contributed by atoms with van der Waals surface area (Å²) in [6.45, 7) is 12.6. The smallest absolute Gasteiger partial charge is 0.413 e. The first-order valence-electron chi connectivity index (χ1n) is 17.6. The number of carbonyl (C=O) groups is 2. The first-order valence-corrected chi connectivity index (χ1v) is 17.6. The maximum absolute atomic E-state index is 12.8. The highest BCUT2D eigenvalue weighted by molar-refractivity contribution is 5.96. The number of carbonyl (C=O) groups excluding carboxylic acids is 1. The van der Waals surface area contributed by atoms with Crippen LogP contribution in [0.3, 0.4) is 0 Å². The molecule has 0 radical (unpaired) electrons. The third-order valence-corrected chi connectivity index (χ3v) is 9.31. The summed E-state index contributed by atoms with van der Waals surface area (Å²) in [6.07, 6.45) is 5.95. The summed E-state index contributed by atoms with van der Waals surface area (Å²) >= 11 is 0. The molecule has 1 saturated heterocycles. The number of aromatic nitrogens is 5. The van der Waals surface area contributed by atoms with Crippen molar-refractivity contribution >= 4 is 40.3 Å². The van der Waals surface area contributed by atoms with Gasteiger partial charge in [-0.25, -0.2) is 9.78 Å². The third kappa shape index (κ3) is 8.51. The number of para-hydroxylation sites is 1. The molecular weight excluding hydrogens is 664 g/mol. The van der Waals surface area contributed by atoms with Gasteiger partial charge in [-0.2, -0.15) is 5.10 Å². The van der Waals surface area contributed by atoms with Gasteiger partial charge in [0, 0.05) is 51.6 Å². The number of piperidine rings is 1. The number of benzene rings is 1. The van der Waals surface area contributed by atoms with Crippen LogP contribution >= 0.6 is 0 Å². The summed E-state index contributed by atoms with van der Waals surface area (Å²) in [5.41, 5.74) is 3.44. The van der Waals surface area contributed by atoms with E-state index in [1.807, 2.05) is 62.0 Å². The van der Waals surface area contributed by atoms with Crippen LogP contribution < -0.4 is 15.0 Å². The van der Waals surface area contributed by atoms with Crippen LogP contribution in [-0.2, 0) is 14.3 Å². The van der Waals surface area contributed by atoms with Crippen LogP contribution in [0, 0.1) is 5.41 Å². The van der Waals surface area contributed by atoms with Gasteiger partial charge in [-0.3, -0.25) is 19.7 Å². The first-order chi connectivity index (χ1) is 24.8. The normalized spacial score (nSPS) is 16.1. The van der Waals surface area contributed by atoms with E-state index in [9.17, 15) is 14.7 Å². The number of carboxylic acid groups (broad SMARTS) is 1. The van der Waals surface area contributed by atoms with E-state index >= 15 is 0 Å². The number of hydrogen-bond acceptors (Lipinski definition) is 11. The van der Waals surface area contributed by atoms with Crippen LogP contribution in [-0.4, -0.2) is 99.3 Å². The lowest BCUT2D eigenvalue weighted by Crippen LogP contribution is -2.41. The molecule has 1 fully saturated rings. The van der Waals surface area contributed by atoms with E-state index in [0.717, 1.165) is 67.9 Å². The van der Waals surface area contributed by atoms with Crippen molar-refractivity contribution in [3.05, 3.63) is 60.3 Å². The van der Waals surface area contributed by atoms with E-state index in [-0.39, 0.29) is 18.7 Å². The number of nitrogens with one attached hydrogen (secondary N) is 1. The highest BCUT2D eigenvalue weighted by atomic mass is 16.7. The number of hydrogen-bond donors (Lipinski definition) is 2. The number of amides is 1. The van der Waals surface area contributed by atoms with Gasteiger partial charge in [-0.05, 0) is 95.3 Å². The van der Waals surface area contributed by atoms with Gasteiger partial charge in [0.1, 0.15) is 17.2 Å². The molecule has 5 heterocycles. The number of rotatable bonds is 11. The van der Waals surface area contributed by atoms with Crippen molar-refractivity contribution in [3.63, 3.8) is 0 Å². The molecular formula is C38H48N8O6. The van der Waals surface area contributed by atoms with E-state index in [2.05, 4.69) is 43.5 Å². The number of pyridine rings is 1. The minimum Gasteiger partial charge on any atom is -0.481 e. The Morgan fingerprint density at radius 2 is 1.79 bits per heavy atom. The van der Waals surface area contributed by atoms with Crippen molar-refractivity contribution in [2.75, 3.05) is 56.8 Å². The molecule has 6 rings (SSSR count). The van der Waals surface area contributed by atoms with Gasteiger partial charge >= 0.3 is 12.1 Å². The van der Waals surface area contributed by atoms with Crippen molar-refractivity contribution in [2.45, 2.75) is 65.5 Å². The summed E-state index contributed by atoms with van der Waals surface area (Å²) in [7, 11) is 1.57. The molecule has 52 heavy (non-hydrogen) atoms. The summed E-state index contributed by atoms with van der Waals surface area (Å²) in [5.74, 6) is 1.04. The lowest BCUT2D eigenvalue weighted by Gasteiger charge is -2.33. The molecule has 2 N–H and O–H groups in total. The molecule has 2 aliphatic rings. The van der Waals surface area contributed by atoms with E-state index in [1.54, 1.807) is 21.0 Å². The molecule has 1 amide bonds.